The first-order valence-corrected chi connectivity index (χ1v) is 11.7. The van der Waals surface area contributed by atoms with E-state index in [9.17, 15) is 19.5 Å². The van der Waals surface area contributed by atoms with Crippen LogP contribution in [0.2, 0.25) is 0 Å². The zero-order valence-corrected chi connectivity index (χ0v) is 20.2. The molecule has 5 rings (SSSR count). The van der Waals surface area contributed by atoms with Crippen LogP contribution in [0.1, 0.15) is 11.1 Å². The third kappa shape index (κ3) is 3.30. The molecular formula is C27H27N3O6. The van der Waals surface area contributed by atoms with Crippen LogP contribution in [-0.2, 0) is 19.9 Å². The number of hydrogen-bond donors (Lipinski definition) is 1. The first-order chi connectivity index (χ1) is 17.3. The molecule has 186 valence electrons. The maximum absolute atomic E-state index is 14.2. The lowest BCUT2D eigenvalue weighted by molar-refractivity contribution is -0.143. The molecule has 3 heterocycles. The number of aliphatic hydroxyl groups is 1. The van der Waals surface area contributed by atoms with Crippen molar-refractivity contribution in [1.29, 1.82) is 0 Å². The number of amides is 2. The number of para-hydroxylation sites is 1. The third-order valence-corrected chi connectivity index (χ3v) is 6.71. The summed E-state index contributed by atoms with van der Waals surface area (Å²) >= 11 is 0. The van der Waals surface area contributed by atoms with Gasteiger partial charge in [-0.25, -0.2) is 0 Å². The van der Waals surface area contributed by atoms with E-state index in [4.69, 9.17) is 9.47 Å². The Balaban J connectivity index is 1.78. The summed E-state index contributed by atoms with van der Waals surface area (Å²) in [5.41, 5.74) is -0.786. The van der Waals surface area contributed by atoms with Crippen LogP contribution in [0.4, 0.5) is 5.69 Å². The predicted octanol–water partition coefficient (Wildman–Crippen LogP) is 2.13. The molecule has 1 fully saturated rings. The van der Waals surface area contributed by atoms with E-state index >= 15 is 0 Å². The summed E-state index contributed by atoms with van der Waals surface area (Å²) in [4.78, 5) is 45.9. The second-order valence-corrected chi connectivity index (χ2v) is 9.10. The van der Waals surface area contributed by atoms with Crippen molar-refractivity contribution in [3.05, 3.63) is 71.8 Å². The Morgan fingerprint density at radius 1 is 1.11 bits per heavy atom. The van der Waals surface area contributed by atoms with Crippen LogP contribution in [0, 0.1) is 0 Å². The molecule has 1 unspecified atom stereocenters. The van der Waals surface area contributed by atoms with Crippen molar-refractivity contribution < 1.29 is 29.0 Å². The van der Waals surface area contributed by atoms with Gasteiger partial charge in [-0.15, -0.1) is 6.58 Å². The maximum Gasteiger partial charge on any atom is 0.296 e. The number of benzene rings is 2. The van der Waals surface area contributed by atoms with Gasteiger partial charge in [0.25, 0.3) is 17.6 Å². The van der Waals surface area contributed by atoms with Crippen molar-refractivity contribution in [2.75, 3.05) is 51.8 Å². The number of aliphatic hydroxyl groups excluding tert-OH is 1. The minimum atomic E-state index is -1.80. The summed E-state index contributed by atoms with van der Waals surface area (Å²) in [5.74, 6) is -1.75. The number of hydrogen-bond acceptors (Lipinski definition) is 7. The van der Waals surface area contributed by atoms with Crippen LogP contribution < -0.4 is 14.4 Å². The second kappa shape index (κ2) is 8.83. The molecule has 0 aliphatic carbocycles. The number of rotatable bonds is 6. The van der Waals surface area contributed by atoms with Crippen molar-refractivity contribution in [3.63, 3.8) is 0 Å². The molecule has 1 atom stereocenters. The van der Waals surface area contributed by atoms with E-state index in [1.807, 2.05) is 19.0 Å². The number of carbonyl (C=O) groups excluding carboxylic acids is 3. The fourth-order valence-electron chi connectivity index (χ4n) is 5.11. The molecule has 0 aromatic heterocycles. The Morgan fingerprint density at radius 2 is 1.83 bits per heavy atom. The molecule has 9 nitrogen and oxygen atoms in total. The van der Waals surface area contributed by atoms with Crippen LogP contribution in [-0.4, -0.2) is 79.4 Å². The number of Topliss-reactive ketones (excluding diaryl/α,β-unsaturated/α-hetero) is 1. The highest BCUT2D eigenvalue weighted by Gasteiger charge is 2.66. The number of likely N-dealkylation sites (N-methyl/N-ethyl adjacent to an activating group) is 1. The number of nitrogens with zero attached hydrogens (tertiary/aromatic N) is 3. The molecule has 9 heteroatoms. The number of ether oxygens (including phenoxy) is 2. The topological polar surface area (TPSA) is 99.6 Å². The van der Waals surface area contributed by atoms with E-state index < -0.39 is 28.9 Å². The van der Waals surface area contributed by atoms with Crippen LogP contribution in [0.3, 0.4) is 0 Å². The quantitative estimate of drug-likeness (QED) is 0.287. The lowest BCUT2D eigenvalue weighted by atomic mass is 9.82. The number of ketones is 1. The molecule has 1 spiro atoms. The lowest BCUT2D eigenvalue weighted by Gasteiger charge is -2.35. The first-order valence-electron chi connectivity index (χ1n) is 11.7. The average molecular weight is 490 g/mol. The maximum atomic E-state index is 14.2. The summed E-state index contributed by atoms with van der Waals surface area (Å²) in [6.07, 6.45) is 1.58. The van der Waals surface area contributed by atoms with Gasteiger partial charge in [0.15, 0.2) is 17.0 Å². The fraction of sp³-hybridized carbons (Fsp3) is 0.296. The van der Waals surface area contributed by atoms with Gasteiger partial charge in [0.2, 0.25) is 0 Å². The van der Waals surface area contributed by atoms with Gasteiger partial charge in [-0.2, -0.15) is 0 Å². The summed E-state index contributed by atoms with van der Waals surface area (Å²) < 4.78 is 11.2. The molecule has 0 bridgehead atoms. The molecule has 36 heavy (non-hydrogen) atoms. The zero-order chi connectivity index (χ0) is 25.6. The van der Waals surface area contributed by atoms with Crippen molar-refractivity contribution >= 4 is 29.0 Å². The highest BCUT2D eigenvalue weighted by molar-refractivity contribution is 6.50. The molecule has 3 aliphatic rings. The number of anilines is 1. The van der Waals surface area contributed by atoms with Gasteiger partial charge in [0.1, 0.15) is 19.0 Å². The van der Waals surface area contributed by atoms with Gasteiger partial charge in [-0.3, -0.25) is 14.4 Å². The molecular weight excluding hydrogens is 462 g/mol. The van der Waals surface area contributed by atoms with Gasteiger partial charge >= 0.3 is 0 Å². The van der Waals surface area contributed by atoms with Crippen molar-refractivity contribution in [3.8, 4) is 11.5 Å². The van der Waals surface area contributed by atoms with Crippen LogP contribution in [0.5, 0.6) is 11.5 Å². The van der Waals surface area contributed by atoms with E-state index in [2.05, 4.69) is 6.58 Å². The number of fused-ring (bicyclic) bond motifs is 3. The molecule has 2 amide bonds. The Hall–Kier alpha value is -4.11. The Labute approximate surface area is 208 Å². The van der Waals surface area contributed by atoms with E-state index in [1.54, 1.807) is 48.5 Å². The van der Waals surface area contributed by atoms with Crippen LogP contribution >= 0.6 is 0 Å². The van der Waals surface area contributed by atoms with Crippen LogP contribution in [0.25, 0.3) is 5.76 Å². The minimum Gasteiger partial charge on any atom is -0.507 e. The molecule has 1 saturated heterocycles. The van der Waals surface area contributed by atoms with Gasteiger partial charge in [0, 0.05) is 30.8 Å². The largest absolute Gasteiger partial charge is 0.507 e. The number of likely N-dealkylation sites (tertiary alicyclic amines) is 1. The Bertz CT molecular complexity index is 1320. The van der Waals surface area contributed by atoms with E-state index in [1.165, 1.54) is 9.80 Å². The van der Waals surface area contributed by atoms with E-state index in [-0.39, 0.29) is 24.2 Å². The molecule has 3 aliphatic heterocycles. The van der Waals surface area contributed by atoms with Crippen molar-refractivity contribution in [2.24, 2.45) is 0 Å². The molecule has 2 aromatic rings. The highest BCUT2D eigenvalue weighted by atomic mass is 16.6. The molecule has 2 aromatic carbocycles. The SMILES string of the molecule is C=CCN1C(=O)C2(/C(=C(\O)c3ccc4c(c3)OCCO4)C(=O)C(=O)N2CCN(C)C)c2ccccc21. The van der Waals surface area contributed by atoms with Crippen molar-refractivity contribution in [2.45, 2.75) is 5.54 Å². The molecule has 0 saturated carbocycles. The minimum absolute atomic E-state index is 0.109. The molecule has 0 radical (unpaired) electrons. The second-order valence-electron chi connectivity index (χ2n) is 9.10. The molecule has 1 N–H and O–H groups in total. The first kappa shape index (κ1) is 23.6. The Kier molecular flexibility index (Phi) is 5.80. The van der Waals surface area contributed by atoms with E-state index in [0.29, 0.717) is 42.5 Å². The van der Waals surface area contributed by atoms with Gasteiger partial charge in [-0.05, 0) is 38.4 Å². The lowest BCUT2D eigenvalue weighted by Crippen LogP contribution is -2.53. The van der Waals surface area contributed by atoms with Gasteiger partial charge in [-0.1, -0.05) is 24.3 Å². The highest BCUT2D eigenvalue weighted by Crippen LogP contribution is 2.53. The fourth-order valence-corrected chi connectivity index (χ4v) is 5.11. The normalized spacial score (nSPS) is 22.0. The van der Waals surface area contributed by atoms with Gasteiger partial charge < -0.3 is 29.3 Å². The van der Waals surface area contributed by atoms with E-state index in [0.717, 1.165) is 0 Å². The summed E-state index contributed by atoms with van der Waals surface area (Å²) in [6, 6.07) is 11.8. The smallest absolute Gasteiger partial charge is 0.296 e. The number of carbonyl (C=O) groups is 3. The zero-order valence-electron chi connectivity index (χ0n) is 20.2. The monoisotopic (exact) mass is 489 g/mol. The van der Waals surface area contributed by atoms with Crippen molar-refractivity contribution in [1.82, 2.24) is 9.80 Å². The average Bonchev–Trinajstić information content (AvgIpc) is 3.25. The standard InChI is InChI=1S/C27H27N3O6/c1-4-11-29-19-8-6-5-7-18(19)27(26(29)34)22(24(32)25(33)30(27)13-12-28(2)3)23(31)17-9-10-20-21(16-17)36-15-14-35-20/h4-10,16,31H,1,11-15H2,2-3H3/b23-22-. The predicted molar refractivity (Wildman–Crippen MR) is 133 cm³/mol. The Morgan fingerprint density at radius 3 is 2.56 bits per heavy atom. The summed E-state index contributed by atoms with van der Waals surface area (Å²) in [5, 5.41) is 11.6. The summed E-state index contributed by atoms with van der Waals surface area (Å²) in [6.45, 7) is 5.21. The third-order valence-electron chi connectivity index (χ3n) is 6.71. The van der Waals surface area contributed by atoms with Gasteiger partial charge in [0.05, 0.1) is 11.3 Å². The summed E-state index contributed by atoms with van der Waals surface area (Å²) in [7, 11) is 3.68. The van der Waals surface area contributed by atoms with Crippen LogP contribution in [0.15, 0.2) is 60.7 Å².